The van der Waals surface area contributed by atoms with Gasteiger partial charge >= 0.3 is 12.3 Å². The number of pyridine rings is 2. The Morgan fingerprint density at radius 1 is 1.34 bits per heavy atom. The van der Waals surface area contributed by atoms with E-state index in [-0.39, 0.29) is 23.9 Å². The molecular weight excluding hydrogens is 394 g/mol. The Balaban J connectivity index is 1.77. The third-order valence-electron chi connectivity index (χ3n) is 4.11. The molecule has 29 heavy (non-hydrogen) atoms. The average Bonchev–Trinajstić information content (AvgIpc) is 3.08. The van der Waals surface area contributed by atoms with E-state index in [1.807, 2.05) is 0 Å². The Morgan fingerprint density at radius 2 is 2.10 bits per heavy atom. The number of hydrogen-bond donors (Lipinski definition) is 1. The van der Waals surface area contributed by atoms with E-state index < -0.39 is 19.0 Å². The number of nitrogens with zero attached hydrogens (tertiary/aromatic N) is 4. The van der Waals surface area contributed by atoms with E-state index in [0.717, 1.165) is 0 Å². The fourth-order valence-electron chi connectivity index (χ4n) is 2.62. The van der Waals surface area contributed by atoms with Crippen LogP contribution in [0.1, 0.15) is 21.7 Å². The third-order valence-corrected chi connectivity index (χ3v) is 4.11. The van der Waals surface area contributed by atoms with Gasteiger partial charge in [-0.15, -0.1) is 0 Å². The van der Waals surface area contributed by atoms with Crippen molar-refractivity contribution in [3.8, 4) is 5.75 Å². The minimum Gasteiger partial charge on any atom is -0.485 e. The summed E-state index contributed by atoms with van der Waals surface area (Å²) in [5.41, 5.74) is 1.82. The monoisotopic (exact) mass is 411 g/mol. The van der Waals surface area contributed by atoms with Crippen molar-refractivity contribution in [2.45, 2.75) is 25.8 Å². The number of fused-ring (bicyclic) bond motifs is 1. The van der Waals surface area contributed by atoms with E-state index in [1.165, 1.54) is 19.4 Å². The van der Waals surface area contributed by atoms with Gasteiger partial charge in [-0.1, -0.05) is 0 Å². The molecule has 0 spiro atoms. The van der Waals surface area contributed by atoms with Crippen LogP contribution in [0.25, 0.3) is 10.9 Å². The number of aryl methyl sites for hydroxylation is 1. The average molecular weight is 411 g/mol. The minimum atomic E-state index is -4.24. The Kier molecular flexibility index (Phi) is 5.66. The maximum absolute atomic E-state index is 13.0. The lowest BCUT2D eigenvalue weighted by Crippen LogP contribution is -2.33. The summed E-state index contributed by atoms with van der Waals surface area (Å²) in [7, 11) is 1.50. The first-order valence-corrected chi connectivity index (χ1v) is 8.50. The van der Waals surface area contributed by atoms with Crippen LogP contribution in [0.4, 0.5) is 17.6 Å². The molecule has 3 rings (SSSR count). The maximum atomic E-state index is 13.0. The van der Waals surface area contributed by atoms with Gasteiger partial charge in [-0.2, -0.15) is 13.9 Å². The summed E-state index contributed by atoms with van der Waals surface area (Å²) in [6, 6.07) is 3.25. The van der Waals surface area contributed by atoms with E-state index in [9.17, 15) is 22.4 Å². The van der Waals surface area contributed by atoms with Gasteiger partial charge in [0.05, 0.1) is 29.3 Å². The molecule has 0 fully saturated rings. The Hall–Kier alpha value is -3.24. The summed E-state index contributed by atoms with van der Waals surface area (Å²) in [5.74, 6) is -4.59. The summed E-state index contributed by atoms with van der Waals surface area (Å²) in [5, 5.41) is 7.45. The molecule has 154 valence electrons. The van der Waals surface area contributed by atoms with Crippen molar-refractivity contribution < 1.29 is 27.1 Å². The molecule has 1 N–H and O–H groups in total. The van der Waals surface area contributed by atoms with E-state index in [0.29, 0.717) is 22.2 Å². The van der Waals surface area contributed by atoms with Crippen molar-refractivity contribution in [1.29, 1.82) is 0 Å². The number of aromatic nitrogens is 4. The molecule has 0 bridgehead atoms. The summed E-state index contributed by atoms with van der Waals surface area (Å²) in [4.78, 5) is 20.1. The first-order valence-electron chi connectivity index (χ1n) is 8.50. The van der Waals surface area contributed by atoms with Gasteiger partial charge in [0.1, 0.15) is 11.4 Å². The number of nitrogens with one attached hydrogen (secondary N) is 1. The van der Waals surface area contributed by atoms with Crippen molar-refractivity contribution in [2.24, 2.45) is 0 Å². The van der Waals surface area contributed by atoms with Gasteiger partial charge < -0.3 is 10.1 Å². The number of ether oxygens (including phenoxy) is 1. The zero-order chi connectivity index (χ0) is 21.2. The summed E-state index contributed by atoms with van der Waals surface area (Å²) in [6.45, 7) is 0.386. The van der Waals surface area contributed by atoms with Gasteiger partial charge in [0.25, 0.3) is 5.91 Å². The fraction of sp³-hybridized carbons (Fsp3) is 0.333. The van der Waals surface area contributed by atoms with Crippen LogP contribution in [0, 0.1) is 6.92 Å². The number of carbonyl (C=O) groups is 1. The first kappa shape index (κ1) is 20.5. The molecule has 3 aromatic heterocycles. The summed E-state index contributed by atoms with van der Waals surface area (Å²) >= 11 is 0. The predicted molar refractivity (Wildman–Crippen MR) is 95.4 cm³/mol. The molecule has 0 aliphatic carbocycles. The SMILES string of the molecule is CNC(=O)c1nccc2nn(Cc3cc(C)c(OCC(F)(F)C(F)F)cn3)cc12. The molecule has 11 heteroatoms. The van der Waals surface area contributed by atoms with Crippen molar-refractivity contribution in [3.63, 3.8) is 0 Å². The van der Waals surface area contributed by atoms with Crippen LogP contribution < -0.4 is 10.1 Å². The normalized spacial score (nSPS) is 11.8. The fourth-order valence-corrected chi connectivity index (χ4v) is 2.62. The second-order valence-corrected chi connectivity index (χ2v) is 6.29. The first-order chi connectivity index (χ1) is 13.7. The molecule has 0 aromatic carbocycles. The van der Waals surface area contributed by atoms with Crippen molar-refractivity contribution in [2.75, 3.05) is 13.7 Å². The van der Waals surface area contributed by atoms with Crippen molar-refractivity contribution in [1.82, 2.24) is 25.1 Å². The lowest BCUT2D eigenvalue weighted by molar-refractivity contribution is -0.148. The highest BCUT2D eigenvalue weighted by atomic mass is 19.3. The van der Waals surface area contributed by atoms with Gasteiger partial charge in [0.15, 0.2) is 6.61 Å². The molecule has 0 radical (unpaired) electrons. The number of rotatable bonds is 7. The molecule has 3 aromatic rings. The number of hydrogen-bond acceptors (Lipinski definition) is 5. The second kappa shape index (κ2) is 8.02. The second-order valence-electron chi connectivity index (χ2n) is 6.29. The molecule has 7 nitrogen and oxygen atoms in total. The third kappa shape index (κ3) is 4.44. The van der Waals surface area contributed by atoms with Crippen LogP contribution in [-0.2, 0) is 6.54 Å². The van der Waals surface area contributed by atoms with E-state index in [4.69, 9.17) is 4.74 Å². The zero-order valence-electron chi connectivity index (χ0n) is 15.5. The highest BCUT2D eigenvalue weighted by Gasteiger charge is 2.41. The number of alkyl halides is 4. The molecule has 1 amide bonds. The Bertz CT molecular complexity index is 1040. The number of halogens is 4. The predicted octanol–water partition coefficient (Wildman–Crippen LogP) is 2.82. The number of carbonyl (C=O) groups excluding carboxylic acids is 1. The number of amides is 1. The highest BCUT2D eigenvalue weighted by Crippen LogP contribution is 2.26. The van der Waals surface area contributed by atoms with Crippen LogP contribution in [0.3, 0.4) is 0 Å². The van der Waals surface area contributed by atoms with Crippen molar-refractivity contribution >= 4 is 16.8 Å². The summed E-state index contributed by atoms with van der Waals surface area (Å²) < 4.78 is 56.8. The van der Waals surface area contributed by atoms with Gasteiger partial charge in [0, 0.05) is 19.4 Å². The lowest BCUT2D eigenvalue weighted by Gasteiger charge is -2.17. The smallest absolute Gasteiger partial charge is 0.340 e. The van der Waals surface area contributed by atoms with Crippen molar-refractivity contribution in [3.05, 3.63) is 47.7 Å². The molecule has 0 unspecified atom stereocenters. The maximum Gasteiger partial charge on any atom is 0.340 e. The minimum absolute atomic E-state index is 0.00851. The largest absolute Gasteiger partial charge is 0.485 e. The summed E-state index contributed by atoms with van der Waals surface area (Å²) in [6.07, 6.45) is 0.525. The van der Waals surface area contributed by atoms with Gasteiger partial charge in [-0.25, -0.2) is 8.78 Å². The van der Waals surface area contributed by atoms with Crippen LogP contribution in [-0.4, -0.2) is 51.7 Å². The molecule has 0 saturated carbocycles. The van der Waals surface area contributed by atoms with Gasteiger partial charge in [0.2, 0.25) is 0 Å². The quantitative estimate of drug-likeness (QED) is 0.605. The Labute approximate surface area is 162 Å². The highest BCUT2D eigenvalue weighted by molar-refractivity contribution is 6.03. The topological polar surface area (TPSA) is 81.9 Å². The van der Waals surface area contributed by atoms with Crippen LogP contribution in [0.2, 0.25) is 0 Å². The van der Waals surface area contributed by atoms with Crippen LogP contribution in [0.5, 0.6) is 5.75 Å². The van der Waals surface area contributed by atoms with E-state index in [2.05, 4.69) is 20.4 Å². The van der Waals surface area contributed by atoms with Gasteiger partial charge in [-0.3, -0.25) is 19.4 Å². The standard InChI is InChI=1S/C18H17F4N5O2/c1-10-5-11(25-6-14(10)29-9-18(21,22)17(19)20)7-27-8-12-13(26-27)3-4-24-15(12)16(28)23-2/h3-6,8,17H,7,9H2,1-2H3,(H,23,28). The lowest BCUT2D eigenvalue weighted by atomic mass is 10.2. The van der Waals surface area contributed by atoms with Crippen LogP contribution >= 0.6 is 0 Å². The Morgan fingerprint density at radius 3 is 2.76 bits per heavy atom. The molecule has 0 aliphatic rings. The molecule has 3 heterocycles. The van der Waals surface area contributed by atoms with E-state index in [1.54, 1.807) is 29.9 Å². The van der Waals surface area contributed by atoms with Crippen LogP contribution in [0.15, 0.2) is 30.7 Å². The zero-order valence-corrected chi connectivity index (χ0v) is 15.5. The molecular formula is C18H17F4N5O2. The van der Waals surface area contributed by atoms with Gasteiger partial charge in [-0.05, 0) is 24.6 Å². The molecule has 0 saturated heterocycles. The van der Waals surface area contributed by atoms with E-state index >= 15 is 0 Å². The molecule has 0 atom stereocenters. The molecule has 0 aliphatic heterocycles.